The first-order valence-electron chi connectivity index (χ1n) is 11.9. The molecule has 188 valence electrons. The molecule has 1 saturated heterocycles. The number of piperidine rings is 1. The number of phenolic OH excluding ortho intramolecular Hbond substituents is 1. The first kappa shape index (κ1) is 23.8. The van der Waals surface area contributed by atoms with Crippen molar-refractivity contribution >= 4 is 11.8 Å². The van der Waals surface area contributed by atoms with E-state index in [4.69, 9.17) is 19.1 Å². The number of fused-ring (bicyclic) bond motifs is 1. The van der Waals surface area contributed by atoms with Gasteiger partial charge in [-0.3, -0.25) is 4.79 Å². The van der Waals surface area contributed by atoms with Crippen LogP contribution in [0.25, 0.3) is 11.4 Å². The van der Waals surface area contributed by atoms with Gasteiger partial charge < -0.3 is 29.5 Å². The Morgan fingerprint density at radius 2 is 1.97 bits per heavy atom. The molecule has 10 heteroatoms. The van der Waals surface area contributed by atoms with E-state index in [1.807, 2.05) is 31.2 Å². The van der Waals surface area contributed by atoms with Gasteiger partial charge in [0.2, 0.25) is 11.7 Å². The van der Waals surface area contributed by atoms with Gasteiger partial charge in [0.05, 0.1) is 6.42 Å². The van der Waals surface area contributed by atoms with Crippen molar-refractivity contribution in [1.29, 1.82) is 0 Å². The van der Waals surface area contributed by atoms with Crippen molar-refractivity contribution in [3.8, 4) is 28.6 Å². The molecule has 3 aromatic rings. The summed E-state index contributed by atoms with van der Waals surface area (Å²) >= 11 is 0. The molecule has 2 aliphatic rings. The highest BCUT2D eigenvalue weighted by Crippen LogP contribution is 2.42. The lowest BCUT2D eigenvalue weighted by molar-refractivity contribution is -0.139. The van der Waals surface area contributed by atoms with Gasteiger partial charge in [0.1, 0.15) is 28.4 Å². The van der Waals surface area contributed by atoms with E-state index in [9.17, 15) is 14.7 Å². The number of ketones is 1. The minimum atomic E-state index is -1.15. The third-order valence-corrected chi connectivity index (χ3v) is 6.51. The molecule has 1 atom stereocenters. The highest BCUT2D eigenvalue weighted by atomic mass is 16.5. The number of hydrogen-bond acceptors (Lipinski definition) is 9. The lowest BCUT2D eigenvalue weighted by Crippen LogP contribution is -2.41. The van der Waals surface area contributed by atoms with Crippen LogP contribution in [-0.4, -0.2) is 57.4 Å². The highest BCUT2D eigenvalue weighted by molar-refractivity contribution is 6.03. The summed E-state index contributed by atoms with van der Waals surface area (Å²) in [6.45, 7) is 3.14. The number of ether oxygens (including phenoxy) is 2. The van der Waals surface area contributed by atoms with Crippen molar-refractivity contribution in [3.63, 3.8) is 0 Å². The van der Waals surface area contributed by atoms with Crippen LogP contribution in [-0.2, 0) is 11.2 Å². The van der Waals surface area contributed by atoms with E-state index in [1.54, 1.807) is 0 Å². The zero-order valence-electron chi connectivity index (χ0n) is 19.8. The molecule has 0 amide bonds. The van der Waals surface area contributed by atoms with Crippen LogP contribution < -0.4 is 14.8 Å². The zero-order valence-corrected chi connectivity index (χ0v) is 19.8. The number of carboxylic acids is 1. The molecule has 2 aliphatic heterocycles. The molecule has 1 fully saturated rings. The number of benzene rings is 2. The van der Waals surface area contributed by atoms with E-state index in [1.165, 1.54) is 12.1 Å². The predicted molar refractivity (Wildman–Crippen MR) is 128 cm³/mol. The Morgan fingerprint density at radius 1 is 1.22 bits per heavy atom. The van der Waals surface area contributed by atoms with Crippen molar-refractivity contribution in [2.24, 2.45) is 0 Å². The van der Waals surface area contributed by atoms with E-state index in [0.717, 1.165) is 37.1 Å². The van der Waals surface area contributed by atoms with Crippen LogP contribution in [0.1, 0.15) is 53.9 Å². The number of nitrogens with zero attached hydrogens (tertiary/aromatic N) is 2. The number of rotatable bonds is 7. The fourth-order valence-electron chi connectivity index (χ4n) is 4.78. The molecule has 0 radical (unpaired) electrons. The molecular weight excluding hydrogens is 466 g/mol. The number of aliphatic carboxylic acids is 1. The number of carbonyl (C=O) groups excluding carboxylic acids is 1. The zero-order chi connectivity index (χ0) is 25.3. The summed E-state index contributed by atoms with van der Waals surface area (Å²) in [5.41, 5.74) is 0.996. The molecule has 10 nitrogen and oxygen atoms in total. The summed E-state index contributed by atoms with van der Waals surface area (Å²) in [5, 5.41) is 26.6. The van der Waals surface area contributed by atoms with Gasteiger partial charge in [-0.05, 0) is 38.4 Å². The lowest BCUT2D eigenvalue weighted by atomic mass is 9.86. The SMILES string of the molecule is CC1(Cc2ccc(-c3noc(C4CCNCC4)n3)cc2)CC(=O)c2c(O)cc(OCC(=O)O)cc2O1. The van der Waals surface area contributed by atoms with Gasteiger partial charge in [-0.25, -0.2) is 4.79 Å². The standard InChI is InChI=1S/C26H27N3O7/c1-26(13-20(31)23-19(30)10-18(11-21(23)35-26)34-14-22(32)33)12-15-2-4-16(5-3-15)24-28-25(36-29-24)17-6-8-27-9-7-17/h2-5,10-11,17,27,30H,6-9,12-14H2,1H3,(H,32,33). The Balaban J connectivity index is 1.30. The number of phenols is 1. The molecule has 0 aliphatic carbocycles. The van der Waals surface area contributed by atoms with Gasteiger partial charge in [0.25, 0.3) is 0 Å². The van der Waals surface area contributed by atoms with Gasteiger partial charge in [0.15, 0.2) is 12.4 Å². The lowest BCUT2D eigenvalue weighted by Gasteiger charge is -2.35. The van der Waals surface area contributed by atoms with Gasteiger partial charge >= 0.3 is 5.97 Å². The number of Topliss-reactive ketones (excluding diaryl/α,β-unsaturated/α-hetero) is 1. The quantitative estimate of drug-likeness (QED) is 0.448. The molecule has 1 unspecified atom stereocenters. The Kier molecular flexibility index (Phi) is 6.36. The maximum absolute atomic E-state index is 12.9. The molecule has 2 aromatic carbocycles. The maximum Gasteiger partial charge on any atom is 0.341 e. The number of hydrogen-bond donors (Lipinski definition) is 3. The largest absolute Gasteiger partial charge is 0.507 e. The molecule has 1 aromatic heterocycles. The first-order valence-corrected chi connectivity index (χ1v) is 11.9. The van der Waals surface area contributed by atoms with E-state index >= 15 is 0 Å². The average molecular weight is 494 g/mol. The number of nitrogens with one attached hydrogen (secondary N) is 1. The van der Waals surface area contributed by atoms with E-state index in [0.29, 0.717) is 18.1 Å². The molecule has 5 rings (SSSR count). The van der Waals surface area contributed by atoms with E-state index in [2.05, 4.69) is 15.5 Å². The molecule has 0 spiro atoms. The third-order valence-electron chi connectivity index (χ3n) is 6.51. The predicted octanol–water partition coefficient (Wildman–Crippen LogP) is 3.34. The second kappa shape index (κ2) is 9.62. The van der Waals surface area contributed by atoms with Crippen molar-refractivity contribution in [2.75, 3.05) is 19.7 Å². The van der Waals surface area contributed by atoms with Crippen molar-refractivity contribution in [2.45, 2.75) is 44.1 Å². The minimum Gasteiger partial charge on any atom is -0.507 e. The Labute approximate surface area is 207 Å². The fraction of sp³-hybridized carbons (Fsp3) is 0.385. The van der Waals surface area contributed by atoms with Crippen LogP contribution >= 0.6 is 0 Å². The van der Waals surface area contributed by atoms with Crippen molar-refractivity contribution in [3.05, 3.63) is 53.4 Å². The number of carbonyl (C=O) groups is 2. The van der Waals surface area contributed by atoms with Crippen LogP contribution in [0.15, 0.2) is 40.9 Å². The first-order chi connectivity index (χ1) is 17.3. The van der Waals surface area contributed by atoms with Crippen molar-refractivity contribution < 1.29 is 33.8 Å². The number of aromatic nitrogens is 2. The smallest absolute Gasteiger partial charge is 0.341 e. The molecule has 36 heavy (non-hydrogen) atoms. The third kappa shape index (κ3) is 5.03. The van der Waals surface area contributed by atoms with Crippen LogP contribution in [0, 0.1) is 0 Å². The summed E-state index contributed by atoms with van der Waals surface area (Å²) in [7, 11) is 0. The molecule has 3 N–H and O–H groups in total. The van der Waals surface area contributed by atoms with Crippen molar-refractivity contribution in [1.82, 2.24) is 15.5 Å². The van der Waals surface area contributed by atoms with E-state index < -0.39 is 18.2 Å². The second-order valence-corrected chi connectivity index (χ2v) is 9.50. The van der Waals surface area contributed by atoms with Crippen LogP contribution in [0.2, 0.25) is 0 Å². The minimum absolute atomic E-state index is 0.0761. The van der Waals surface area contributed by atoms with Crippen LogP contribution in [0.5, 0.6) is 17.2 Å². The average Bonchev–Trinajstić information content (AvgIpc) is 3.33. The van der Waals surface area contributed by atoms with Gasteiger partial charge in [-0.1, -0.05) is 29.4 Å². The fourth-order valence-corrected chi connectivity index (χ4v) is 4.78. The number of aromatic hydroxyl groups is 1. The second-order valence-electron chi connectivity index (χ2n) is 9.50. The molecule has 0 bridgehead atoms. The summed E-state index contributed by atoms with van der Waals surface area (Å²) in [6, 6.07) is 10.4. The van der Waals surface area contributed by atoms with Crippen LogP contribution in [0.3, 0.4) is 0 Å². The maximum atomic E-state index is 12.9. The van der Waals surface area contributed by atoms with Crippen LogP contribution in [0.4, 0.5) is 0 Å². The summed E-state index contributed by atoms with van der Waals surface area (Å²) < 4.78 is 16.8. The van der Waals surface area contributed by atoms with Gasteiger partial charge in [-0.2, -0.15) is 4.98 Å². The Bertz CT molecular complexity index is 1280. The summed E-state index contributed by atoms with van der Waals surface area (Å²) in [6.07, 6.45) is 2.47. The monoisotopic (exact) mass is 493 g/mol. The normalized spacial score (nSPS) is 20.0. The number of carboxylic acid groups (broad SMARTS) is 1. The highest BCUT2D eigenvalue weighted by Gasteiger charge is 2.38. The topological polar surface area (TPSA) is 144 Å². The summed E-state index contributed by atoms with van der Waals surface area (Å²) in [4.78, 5) is 28.3. The Morgan fingerprint density at radius 3 is 2.69 bits per heavy atom. The molecule has 3 heterocycles. The van der Waals surface area contributed by atoms with Gasteiger partial charge in [-0.15, -0.1) is 0 Å². The summed E-state index contributed by atoms with van der Waals surface area (Å²) in [5.74, 6) is 0.0746. The molecular formula is C26H27N3O7. The van der Waals surface area contributed by atoms with Gasteiger partial charge in [0, 0.05) is 30.0 Å². The Hall–Kier alpha value is -3.92. The molecule has 0 saturated carbocycles. The van der Waals surface area contributed by atoms with E-state index in [-0.39, 0.29) is 40.9 Å².